The maximum Gasteiger partial charge on any atom is 0.227 e. The average Bonchev–Trinajstić information content (AvgIpc) is 2.62. The van der Waals surface area contributed by atoms with E-state index in [1.807, 2.05) is 13.8 Å². The number of carbonyl (C=O) groups excluding carboxylic acids is 1. The van der Waals surface area contributed by atoms with E-state index in [1.54, 1.807) is 0 Å². The van der Waals surface area contributed by atoms with Crippen LogP contribution in [0.4, 0.5) is 5.69 Å². The summed E-state index contributed by atoms with van der Waals surface area (Å²) in [5, 5.41) is 12.9. The molecule has 1 aliphatic heterocycles. The Labute approximate surface area is 100 Å². The van der Waals surface area contributed by atoms with E-state index in [0.717, 1.165) is 30.2 Å². The lowest BCUT2D eigenvalue weighted by Crippen LogP contribution is -2.40. The third kappa shape index (κ3) is 3.04. The van der Waals surface area contributed by atoms with Crippen molar-refractivity contribution in [3.63, 3.8) is 0 Å². The molecule has 2 rings (SSSR count). The second kappa shape index (κ2) is 5.29. The van der Waals surface area contributed by atoms with Gasteiger partial charge in [0.2, 0.25) is 5.91 Å². The van der Waals surface area contributed by atoms with Gasteiger partial charge in [0.25, 0.3) is 0 Å². The molecule has 1 aromatic rings. The summed E-state index contributed by atoms with van der Waals surface area (Å²) in [4.78, 5) is 11.8. The number of morpholine rings is 1. The number of nitrogens with one attached hydrogen (secondary N) is 3. The van der Waals surface area contributed by atoms with E-state index >= 15 is 0 Å². The van der Waals surface area contributed by atoms with Gasteiger partial charge in [-0.3, -0.25) is 9.89 Å². The molecule has 0 saturated carbocycles. The Morgan fingerprint density at radius 2 is 2.41 bits per heavy atom. The quantitative estimate of drug-likeness (QED) is 0.709. The largest absolute Gasteiger partial charge is 0.375 e. The molecule has 6 heteroatoms. The number of aromatic nitrogens is 2. The van der Waals surface area contributed by atoms with Crippen LogP contribution in [0, 0.1) is 13.8 Å². The van der Waals surface area contributed by atoms with Gasteiger partial charge in [-0.25, -0.2) is 0 Å². The van der Waals surface area contributed by atoms with Crippen LogP contribution in [0.2, 0.25) is 0 Å². The predicted molar refractivity (Wildman–Crippen MR) is 63.9 cm³/mol. The summed E-state index contributed by atoms with van der Waals surface area (Å²) in [5.41, 5.74) is 2.45. The second-order valence-corrected chi connectivity index (χ2v) is 4.26. The van der Waals surface area contributed by atoms with Gasteiger partial charge < -0.3 is 15.4 Å². The van der Waals surface area contributed by atoms with Crippen LogP contribution in [0.15, 0.2) is 0 Å². The minimum Gasteiger partial charge on any atom is -0.375 e. The third-order valence-electron chi connectivity index (χ3n) is 2.81. The first-order valence-electron chi connectivity index (χ1n) is 5.80. The molecule has 1 unspecified atom stereocenters. The number of nitrogens with zero attached hydrogens (tertiary/aromatic N) is 1. The van der Waals surface area contributed by atoms with Crippen LogP contribution in [0.25, 0.3) is 0 Å². The fourth-order valence-corrected chi connectivity index (χ4v) is 1.88. The Bertz CT molecular complexity index is 377. The van der Waals surface area contributed by atoms with E-state index in [2.05, 4.69) is 20.8 Å². The summed E-state index contributed by atoms with van der Waals surface area (Å²) in [7, 11) is 0. The van der Waals surface area contributed by atoms with Crippen LogP contribution in [-0.4, -0.2) is 41.9 Å². The smallest absolute Gasteiger partial charge is 0.227 e. The number of hydrogen-bond acceptors (Lipinski definition) is 4. The molecule has 1 atom stereocenters. The number of aromatic amines is 1. The van der Waals surface area contributed by atoms with Crippen molar-refractivity contribution < 1.29 is 9.53 Å². The number of anilines is 1. The minimum atomic E-state index is -0.0358. The standard InChI is InChI=1S/C11H18N4O2/c1-7-11(8(2)15-14-7)13-10(16)5-9-6-12-3-4-17-9/h9,12H,3-6H2,1-2H3,(H,13,16)(H,14,15). The molecule has 1 aromatic heterocycles. The number of ether oxygens (including phenoxy) is 1. The fourth-order valence-electron chi connectivity index (χ4n) is 1.88. The molecule has 2 heterocycles. The molecule has 1 fully saturated rings. The summed E-state index contributed by atoms with van der Waals surface area (Å²) < 4.78 is 5.48. The summed E-state index contributed by atoms with van der Waals surface area (Å²) in [6, 6.07) is 0. The number of hydrogen-bond donors (Lipinski definition) is 3. The van der Waals surface area contributed by atoms with E-state index in [4.69, 9.17) is 4.74 Å². The monoisotopic (exact) mass is 238 g/mol. The van der Waals surface area contributed by atoms with Crippen LogP contribution in [-0.2, 0) is 9.53 Å². The fraction of sp³-hybridized carbons (Fsp3) is 0.636. The Kier molecular flexibility index (Phi) is 3.75. The number of carbonyl (C=O) groups is 1. The molecular formula is C11H18N4O2. The van der Waals surface area contributed by atoms with Crippen LogP contribution < -0.4 is 10.6 Å². The highest BCUT2D eigenvalue weighted by molar-refractivity contribution is 5.92. The topological polar surface area (TPSA) is 79.0 Å². The van der Waals surface area contributed by atoms with Crippen LogP contribution in [0.5, 0.6) is 0 Å². The van der Waals surface area contributed by atoms with Crippen molar-refractivity contribution in [3.8, 4) is 0 Å². The zero-order chi connectivity index (χ0) is 12.3. The molecule has 3 N–H and O–H groups in total. The van der Waals surface area contributed by atoms with Crippen LogP contribution >= 0.6 is 0 Å². The average molecular weight is 238 g/mol. The SMILES string of the molecule is Cc1n[nH]c(C)c1NC(=O)CC1CNCCO1. The van der Waals surface area contributed by atoms with Crippen LogP contribution in [0.3, 0.4) is 0 Å². The minimum absolute atomic E-state index is 0.0312. The lowest BCUT2D eigenvalue weighted by atomic mass is 10.2. The zero-order valence-electron chi connectivity index (χ0n) is 10.2. The predicted octanol–water partition coefficient (Wildman–Crippen LogP) is 0.344. The molecule has 0 radical (unpaired) electrons. The third-order valence-corrected chi connectivity index (χ3v) is 2.81. The first-order chi connectivity index (χ1) is 8.16. The number of aryl methyl sites for hydroxylation is 2. The summed E-state index contributed by atoms with van der Waals surface area (Å²) in [5.74, 6) is -0.0358. The molecule has 6 nitrogen and oxygen atoms in total. The van der Waals surface area contributed by atoms with E-state index in [0.29, 0.717) is 13.0 Å². The summed E-state index contributed by atoms with van der Waals surface area (Å²) in [6.07, 6.45) is 0.341. The van der Waals surface area contributed by atoms with Crippen molar-refractivity contribution in [1.82, 2.24) is 15.5 Å². The van der Waals surface area contributed by atoms with Gasteiger partial charge in [0.05, 0.1) is 36.2 Å². The first kappa shape index (κ1) is 12.1. The van der Waals surface area contributed by atoms with Gasteiger partial charge >= 0.3 is 0 Å². The molecule has 17 heavy (non-hydrogen) atoms. The molecular weight excluding hydrogens is 220 g/mol. The van der Waals surface area contributed by atoms with E-state index in [9.17, 15) is 4.79 Å². The maximum absolute atomic E-state index is 11.8. The van der Waals surface area contributed by atoms with Gasteiger partial charge in [0.1, 0.15) is 0 Å². The van der Waals surface area contributed by atoms with Crippen molar-refractivity contribution >= 4 is 11.6 Å². The van der Waals surface area contributed by atoms with Crippen molar-refractivity contribution in [2.75, 3.05) is 25.0 Å². The molecule has 0 aliphatic carbocycles. The second-order valence-electron chi connectivity index (χ2n) is 4.26. The zero-order valence-corrected chi connectivity index (χ0v) is 10.2. The highest BCUT2D eigenvalue weighted by atomic mass is 16.5. The van der Waals surface area contributed by atoms with Gasteiger partial charge in [-0.1, -0.05) is 0 Å². The Morgan fingerprint density at radius 1 is 1.59 bits per heavy atom. The highest BCUT2D eigenvalue weighted by Crippen LogP contribution is 2.16. The number of rotatable bonds is 3. The van der Waals surface area contributed by atoms with Gasteiger partial charge in [0, 0.05) is 13.1 Å². The van der Waals surface area contributed by atoms with E-state index in [-0.39, 0.29) is 12.0 Å². The molecule has 94 valence electrons. The van der Waals surface area contributed by atoms with Gasteiger partial charge in [0.15, 0.2) is 0 Å². The van der Waals surface area contributed by atoms with E-state index in [1.165, 1.54) is 0 Å². The Balaban J connectivity index is 1.88. The molecule has 1 saturated heterocycles. The lowest BCUT2D eigenvalue weighted by Gasteiger charge is -2.23. The van der Waals surface area contributed by atoms with E-state index < -0.39 is 0 Å². The van der Waals surface area contributed by atoms with Crippen molar-refractivity contribution in [2.45, 2.75) is 26.4 Å². The van der Waals surface area contributed by atoms with Gasteiger partial charge in [-0.15, -0.1) is 0 Å². The Hall–Kier alpha value is -1.40. The number of H-pyrrole nitrogens is 1. The van der Waals surface area contributed by atoms with Crippen molar-refractivity contribution in [2.24, 2.45) is 0 Å². The van der Waals surface area contributed by atoms with Crippen molar-refractivity contribution in [3.05, 3.63) is 11.4 Å². The van der Waals surface area contributed by atoms with Crippen LogP contribution in [0.1, 0.15) is 17.8 Å². The summed E-state index contributed by atoms with van der Waals surface area (Å²) in [6.45, 7) is 6.00. The maximum atomic E-state index is 11.8. The lowest BCUT2D eigenvalue weighted by molar-refractivity contribution is -0.119. The molecule has 0 spiro atoms. The summed E-state index contributed by atoms with van der Waals surface area (Å²) >= 11 is 0. The Morgan fingerprint density at radius 3 is 3.00 bits per heavy atom. The normalized spacial score (nSPS) is 20.2. The highest BCUT2D eigenvalue weighted by Gasteiger charge is 2.18. The van der Waals surface area contributed by atoms with Gasteiger partial charge in [-0.2, -0.15) is 5.10 Å². The molecule has 1 aliphatic rings. The first-order valence-corrected chi connectivity index (χ1v) is 5.80. The molecule has 1 amide bonds. The molecule has 0 aromatic carbocycles. The van der Waals surface area contributed by atoms with Crippen molar-refractivity contribution in [1.29, 1.82) is 0 Å². The number of amides is 1. The van der Waals surface area contributed by atoms with Gasteiger partial charge in [-0.05, 0) is 13.8 Å². The molecule has 0 bridgehead atoms.